The Morgan fingerprint density at radius 3 is 2.50 bits per heavy atom. The van der Waals surface area contributed by atoms with E-state index in [9.17, 15) is 5.11 Å². The Kier molecular flexibility index (Phi) is 6.24. The van der Waals surface area contributed by atoms with Crippen LogP contribution in [0.3, 0.4) is 0 Å². The van der Waals surface area contributed by atoms with E-state index in [1.165, 1.54) is 11.1 Å². The maximum Gasteiger partial charge on any atom is 0.123 e. The van der Waals surface area contributed by atoms with E-state index in [4.69, 9.17) is 9.47 Å². The summed E-state index contributed by atoms with van der Waals surface area (Å²) in [5.41, 5.74) is 3.45. The van der Waals surface area contributed by atoms with Gasteiger partial charge in [-0.2, -0.15) is 0 Å². The van der Waals surface area contributed by atoms with Crippen LogP contribution < -0.4 is 9.47 Å². The van der Waals surface area contributed by atoms with Crippen molar-refractivity contribution in [2.24, 2.45) is 0 Å². The van der Waals surface area contributed by atoms with Gasteiger partial charge in [0.05, 0.1) is 6.61 Å². The van der Waals surface area contributed by atoms with Crippen molar-refractivity contribution in [2.45, 2.75) is 18.8 Å². The molecule has 30 heavy (non-hydrogen) atoms. The van der Waals surface area contributed by atoms with Crippen LogP contribution in [0.5, 0.6) is 17.2 Å². The van der Waals surface area contributed by atoms with Gasteiger partial charge in [0.25, 0.3) is 0 Å². The van der Waals surface area contributed by atoms with Gasteiger partial charge >= 0.3 is 0 Å². The highest BCUT2D eigenvalue weighted by atomic mass is 16.5. The first-order chi connectivity index (χ1) is 14.7. The van der Waals surface area contributed by atoms with Crippen LogP contribution in [0.1, 0.15) is 35.4 Å². The van der Waals surface area contributed by atoms with Gasteiger partial charge in [-0.05, 0) is 55.1 Å². The molecule has 0 saturated carbocycles. The number of hydrogen-bond acceptors (Lipinski definition) is 4. The standard InChI is InChI=1S/C26H29NO3/c1-3-27(2)15-16-29-22-12-9-20(10-13-22)26-23-17-21(28)11-14-25(23)30-18-24(26)19-7-5-4-6-8-19/h4-14,17,24,26,28H,3,15-16,18H2,1-2H3/t24-,26+/m0/s1. The SMILES string of the molecule is CCN(C)CCOc1ccc([C@@H]2c3cc(O)ccc3OC[C@H]2c2ccccc2)cc1. The fourth-order valence-corrected chi connectivity index (χ4v) is 4.05. The summed E-state index contributed by atoms with van der Waals surface area (Å²) < 4.78 is 12.0. The van der Waals surface area contributed by atoms with Gasteiger partial charge in [-0.3, -0.25) is 0 Å². The molecule has 1 aliphatic heterocycles. The quantitative estimate of drug-likeness (QED) is 0.601. The number of likely N-dealkylation sites (N-methyl/N-ethyl adjacent to an activating group) is 1. The Balaban J connectivity index is 1.62. The van der Waals surface area contributed by atoms with E-state index in [-0.39, 0.29) is 17.6 Å². The molecule has 4 heteroatoms. The number of hydrogen-bond donors (Lipinski definition) is 1. The highest BCUT2D eigenvalue weighted by Crippen LogP contribution is 2.47. The molecule has 0 amide bonds. The molecule has 156 valence electrons. The van der Waals surface area contributed by atoms with Crippen molar-refractivity contribution >= 4 is 0 Å². The van der Waals surface area contributed by atoms with Crippen LogP contribution in [0.4, 0.5) is 0 Å². The minimum atomic E-state index is 0.100. The fraction of sp³-hybridized carbons (Fsp3) is 0.308. The Morgan fingerprint density at radius 1 is 1.00 bits per heavy atom. The van der Waals surface area contributed by atoms with Crippen LogP contribution in [0.15, 0.2) is 72.8 Å². The number of phenols is 1. The molecule has 0 saturated heterocycles. The van der Waals surface area contributed by atoms with Crippen LogP contribution >= 0.6 is 0 Å². The van der Waals surface area contributed by atoms with Gasteiger partial charge in [-0.25, -0.2) is 0 Å². The highest BCUT2D eigenvalue weighted by molar-refractivity contribution is 5.51. The van der Waals surface area contributed by atoms with Gasteiger partial charge < -0.3 is 19.5 Å². The Morgan fingerprint density at radius 2 is 1.77 bits per heavy atom. The summed E-state index contributed by atoms with van der Waals surface area (Å²) in [6.07, 6.45) is 0. The van der Waals surface area contributed by atoms with Crippen LogP contribution in [0.25, 0.3) is 0 Å². The van der Waals surface area contributed by atoms with Crippen molar-refractivity contribution in [3.63, 3.8) is 0 Å². The molecule has 1 heterocycles. The van der Waals surface area contributed by atoms with Gasteiger partial charge in [0.15, 0.2) is 0 Å². The van der Waals surface area contributed by atoms with Crippen molar-refractivity contribution < 1.29 is 14.6 Å². The predicted octanol–water partition coefficient (Wildman–Crippen LogP) is 5.03. The molecule has 0 spiro atoms. The minimum absolute atomic E-state index is 0.100. The molecule has 3 aromatic carbocycles. The van der Waals surface area contributed by atoms with Gasteiger partial charge in [-0.15, -0.1) is 0 Å². The fourth-order valence-electron chi connectivity index (χ4n) is 4.05. The highest BCUT2D eigenvalue weighted by Gasteiger charge is 2.33. The third-order valence-electron chi connectivity index (χ3n) is 5.90. The summed E-state index contributed by atoms with van der Waals surface area (Å²) in [5, 5.41) is 10.1. The van der Waals surface area contributed by atoms with Crippen molar-refractivity contribution in [2.75, 3.05) is 33.4 Å². The average molecular weight is 404 g/mol. The summed E-state index contributed by atoms with van der Waals surface area (Å²) in [7, 11) is 2.09. The van der Waals surface area contributed by atoms with Crippen LogP contribution in [0.2, 0.25) is 0 Å². The second kappa shape index (κ2) is 9.23. The van der Waals surface area contributed by atoms with Gasteiger partial charge in [0.1, 0.15) is 23.9 Å². The molecule has 0 bridgehead atoms. The van der Waals surface area contributed by atoms with Gasteiger partial charge in [0.2, 0.25) is 0 Å². The molecule has 3 aromatic rings. The number of benzene rings is 3. The number of phenolic OH excluding ortho intramolecular Hbond substituents is 1. The number of aromatic hydroxyl groups is 1. The Labute approximate surface area is 178 Å². The van der Waals surface area contributed by atoms with Crippen LogP contribution in [-0.4, -0.2) is 43.4 Å². The molecule has 1 N–H and O–H groups in total. The van der Waals surface area contributed by atoms with Crippen LogP contribution in [-0.2, 0) is 0 Å². The first-order valence-electron chi connectivity index (χ1n) is 10.6. The van der Waals surface area contributed by atoms with E-state index in [0.29, 0.717) is 13.2 Å². The van der Waals surface area contributed by atoms with Crippen molar-refractivity contribution in [1.29, 1.82) is 0 Å². The normalized spacial score (nSPS) is 18.0. The predicted molar refractivity (Wildman–Crippen MR) is 120 cm³/mol. The minimum Gasteiger partial charge on any atom is -0.508 e. The first-order valence-corrected chi connectivity index (χ1v) is 10.6. The summed E-state index contributed by atoms with van der Waals surface area (Å²) in [6.45, 7) is 5.33. The summed E-state index contributed by atoms with van der Waals surface area (Å²) >= 11 is 0. The van der Waals surface area contributed by atoms with Gasteiger partial charge in [0, 0.05) is 23.9 Å². The molecule has 0 fully saturated rings. The summed E-state index contributed by atoms with van der Waals surface area (Å²) in [4.78, 5) is 2.23. The van der Waals surface area contributed by atoms with Crippen molar-refractivity contribution in [1.82, 2.24) is 4.90 Å². The number of nitrogens with zero attached hydrogens (tertiary/aromatic N) is 1. The largest absolute Gasteiger partial charge is 0.508 e. The van der Waals surface area contributed by atoms with Crippen molar-refractivity contribution in [3.8, 4) is 17.2 Å². The molecule has 0 aromatic heterocycles. The molecular weight excluding hydrogens is 374 g/mol. The number of ether oxygens (including phenoxy) is 2. The zero-order chi connectivity index (χ0) is 20.9. The topological polar surface area (TPSA) is 41.9 Å². The molecule has 4 nitrogen and oxygen atoms in total. The van der Waals surface area contributed by atoms with E-state index < -0.39 is 0 Å². The first kappa shape index (κ1) is 20.3. The third-order valence-corrected chi connectivity index (χ3v) is 5.90. The van der Waals surface area contributed by atoms with E-state index in [1.807, 2.05) is 30.3 Å². The second-order valence-corrected chi connectivity index (χ2v) is 7.84. The molecule has 2 atom stereocenters. The van der Waals surface area contributed by atoms with Crippen LogP contribution in [0, 0.1) is 0 Å². The lowest BCUT2D eigenvalue weighted by Crippen LogP contribution is -2.25. The Hall–Kier alpha value is -2.98. The maximum absolute atomic E-state index is 10.1. The smallest absolute Gasteiger partial charge is 0.123 e. The monoisotopic (exact) mass is 403 g/mol. The second-order valence-electron chi connectivity index (χ2n) is 7.84. The molecule has 0 aliphatic carbocycles. The van der Waals surface area contributed by atoms with E-state index in [0.717, 1.165) is 30.2 Å². The maximum atomic E-state index is 10.1. The zero-order valence-electron chi connectivity index (χ0n) is 17.6. The molecule has 0 radical (unpaired) electrons. The van der Waals surface area contributed by atoms with E-state index in [1.54, 1.807) is 6.07 Å². The van der Waals surface area contributed by atoms with E-state index >= 15 is 0 Å². The molecule has 4 rings (SSSR count). The van der Waals surface area contributed by atoms with Gasteiger partial charge in [-0.1, -0.05) is 49.4 Å². The molecular formula is C26H29NO3. The lowest BCUT2D eigenvalue weighted by atomic mass is 9.76. The Bertz CT molecular complexity index is 956. The third kappa shape index (κ3) is 4.44. The number of fused-ring (bicyclic) bond motifs is 1. The summed E-state index contributed by atoms with van der Waals surface area (Å²) in [5.74, 6) is 2.25. The lowest BCUT2D eigenvalue weighted by Gasteiger charge is -2.34. The average Bonchev–Trinajstić information content (AvgIpc) is 2.79. The molecule has 0 unspecified atom stereocenters. The van der Waals surface area contributed by atoms with E-state index in [2.05, 4.69) is 55.3 Å². The number of rotatable bonds is 7. The lowest BCUT2D eigenvalue weighted by molar-refractivity contribution is 0.243. The zero-order valence-corrected chi connectivity index (χ0v) is 17.6. The molecule has 1 aliphatic rings. The summed E-state index contributed by atoms with van der Waals surface area (Å²) in [6, 6.07) is 24.2. The van der Waals surface area contributed by atoms with Crippen molar-refractivity contribution in [3.05, 3.63) is 89.5 Å².